The zero-order valence-corrected chi connectivity index (χ0v) is 20.7. The fourth-order valence-electron chi connectivity index (χ4n) is 4.33. The first-order valence-electron chi connectivity index (χ1n) is 11.7. The Morgan fingerprint density at radius 2 is 1.79 bits per heavy atom. The second kappa shape index (κ2) is 10.9. The van der Waals surface area contributed by atoms with E-state index in [1.54, 1.807) is 16.8 Å². The lowest BCUT2D eigenvalue weighted by Crippen LogP contribution is -2.48. The number of likely N-dealkylation sites (tertiary alicyclic amines) is 1. The maximum Gasteiger partial charge on any atom is 0.409 e. The molecule has 1 saturated heterocycles. The van der Waals surface area contributed by atoms with Crippen molar-refractivity contribution in [2.45, 2.75) is 38.1 Å². The number of hydrogen-bond donors (Lipinski definition) is 2. The van der Waals surface area contributed by atoms with Crippen LogP contribution in [0, 0.1) is 12.8 Å². The van der Waals surface area contributed by atoms with E-state index in [4.69, 9.17) is 4.74 Å². The molecule has 1 heterocycles. The van der Waals surface area contributed by atoms with Crippen molar-refractivity contribution in [1.29, 1.82) is 0 Å². The molecule has 2 N–H and O–H groups in total. The molecule has 0 aliphatic carbocycles. The van der Waals surface area contributed by atoms with Gasteiger partial charge in [-0.2, -0.15) is 0 Å². The van der Waals surface area contributed by atoms with Crippen molar-refractivity contribution in [3.05, 3.63) is 71.8 Å². The number of anilines is 1. The van der Waals surface area contributed by atoms with Crippen LogP contribution in [0.2, 0.25) is 0 Å². The number of amides is 2. The third-order valence-corrected chi connectivity index (χ3v) is 7.27. The van der Waals surface area contributed by atoms with Crippen molar-refractivity contribution in [2.24, 2.45) is 5.92 Å². The van der Waals surface area contributed by atoms with Crippen LogP contribution in [0.5, 0.6) is 0 Å². The molecule has 34 heavy (non-hydrogen) atoms. The smallest absolute Gasteiger partial charge is 0.409 e. The highest BCUT2D eigenvalue weighted by Gasteiger charge is 2.29. The minimum absolute atomic E-state index is 0.107. The lowest BCUT2D eigenvalue weighted by molar-refractivity contribution is 0.0849. The molecule has 1 aliphatic rings. The van der Waals surface area contributed by atoms with Crippen LogP contribution in [0.4, 0.5) is 10.5 Å². The van der Waals surface area contributed by atoms with E-state index in [0.717, 1.165) is 33.3 Å². The van der Waals surface area contributed by atoms with Gasteiger partial charge in [-0.15, -0.1) is 0 Å². The summed E-state index contributed by atoms with van der Waals surface area (Å²) < 4.78 is 8.76. The SMILES string of the molecule is CCOC(=O)N1CC[C@H](NSc2ccc(NC(=O)c3ccccc3C)c3ccccc23)[C@H](C)C1. The molecule has 2 atom stereocenters. The molecule has 3 aromatic rings. The fourth-order valence-corrected chi connectivity index (χ4v) is 5.38. The first-order valence-corrected chi connectivity index (χ1v) is 12.5. The first-order chi connectivity index (χ1) is 16.5. The predicted molar refractivity (Wildman–Crippen MR) is 138 cm³/mol. The molecule has 4 rings (SSSR count). The van der Waals surface area contributed by atoms with Crippen molar-refractivity contribution in [3.8, 4) is 0 Å². The van der Waals surface area contributed by atoms with Crippen LogP contribution in [0.25, 0.3) is 10.8 Å². The van der Waals surface area contributed by atoms with E-state index in [1.807, 2.05) is 68.4 Å². The van der Waals surface area contributed by atoms with Gasteiger partial charge in [0, 0.05) is 40.7 Å². The summed E-state index contributed by atoms with van der Waals surface area (Å²) in [6.07, 6.45) is 0.643. The Balaban J connectivity index is 1.46. The van der Waals surface area contributed by atoms with Crippen molar-refractivity contribution in [1.82, 2.24) is 9.62 Å². The van der Waals surface area contributed by atoms with Crippen molar-refractivity contribution in [2.75, 3.05) is 25.0 Å². The van der Waals surface area contributed by atoms with Crippen LogP contribution in [-0.2, 0) is 4.74 Å². The van der Waals surface area contributed by atoms with E-state index in [2.05, 4.69) is 23.0 Å². The number of fused-ring (bicyclic) bond motifs is 1. The molecule has 2 amide bonds. The number of benzene rings is 3. The summed E-state index contributed by atoms with van der Waals surface area (Å²) >= 11 is 1.61. The Morgan fingerprint density at radius 3 is 2.53 bits per heavy atom. The molecular formula is C27H31N3O3S. The Labute approximate surface area is 205 Å². The molecule has 0 radical (unpaired) electrons. The van der Waals surface area contributed by atoms with Gasteiger partial charge in [0.25, 0.3) is 5.91 Å². The normalized spacial score (nSPS) is 18.0. The van der Waals surface area contributed by atoms with Crippen LogP contribution < -0.4 is 10.0 Å². The lowest BCUT2D eigenvalue weighted by atomic mass is 9.95. The quantitative estimate of drug-likeness (QED) is 0.435. The zero-order chi connectivity index (χ0) is 24.1. The van der Waals surface area contributed by atoms with Crippen LogP contribution in [0.1, 0.15) is 36.2 Å². The van der Waals surface area contributed by atoms with Gasteiger partial charge >= 0.3 is 6.09 Å². The number of aryl methyl sites for hydroxylation is 1. The minimum atomic E-state index is -0.227. The second-order valence-electron chi connectivity index (χ2n) is 8.66. The van der Waals surface area contributed by atoms with E-state index in [1.165, 1.54) is 0 Å². The number of rotatable bonds is 6. The van der Waals surface area contributed by atoms with Gasteiger partial charge in [0.15, 0.2) is 0 Å². The van der Waals surface area contributed by atoms with Crippen molar-refractivity contribution < 1.29 is 14.3 Å². The number of hydrogen-bond acceptors (Lipinski definition) is 5. The molecule has 1 fully saturated rings. The number of ether oxygens (including phenoxy) is 1. The lowest BCUT2D eigenvalue weighted by Gasteiger charge is -2.36. The summed E-state index contributed by atoms with van der Waals surface area (Å²) in [6, 6.07) is 20.0. The van der Waals surface area contributed by atoms with E-state index in [9.17, 15) is 9.59 Å². The molecule has 0 saturated carbocycles. The molecule has 178 valence electrons. The average Bonchev–Trinajstić information content (AvgIpc) is 2.84. The molecule has 3 aromatic carbocycles. The standard InChI is InChI=1S/C27H31N3O3S/c1-4-33-27(32)30-16-15-23(19(3)17-30)29-34-25-14-13-24(21-11-7-8-12-22(21)25)28-26(31)20-10-6-5-9-18(20)2/h5-14,19,23,29H,4,15-17H2,1-3H3,(H,28,31)/t19-,23+/m1/s1. The highest BCUT2D eigenvalue weighted by molar-refractivity contribution is 7.97. The summed E-state index contributed by atoms with van der Waals surface area (Å²) in [7, 11) is 0. The van der Waals surface area contributed by atoms with Gasteiger partial charge in [0.05, 0.1) is 6.61 Å². The Hall–Kier alpha value is -3.03. The summed E-state index contributed by atoms with van der Waals surface area (Å²) in [4.78, 5) is 27.8. The van der Waals surface area contributed by atoms with Crippen LogP contribution >= 0.6 is 11.9 Å². The van der Waals surface area contributed by atoms with Gasteiger partial charge < -0.3 is 15.0 Å². The van der Waals surface area contributed by atoms with E-state index < -0.39 is 0 Å². The molecule has 0 unspecified atom stereocenters. The van der Waals surface area contributed by atoms with Crippen molar-refractivity contribution in [3.63, 3.8) is 0 Å². The predicted octanol–water partition coefficient (Wildman–Crippen LogP) is 5.86. The van der Waals surface area contributed by atoms with E-state index in [-0.39, 0.29) is 18.0 Å². The largest absolute Gasteiger partial charge is 0.450 e. The van der Waals surface area contributed by atoms with Crippen LogP contribution in [0.3, 0.4) is 0 Å². The number of nitrogens with one attached hydrogen (secondary N) is 2. The Kier molecular flexibility index (Phi) is 7.75. The minimum Gasteiger partial charge on any atom is -0.450 e. The molecule has 6 nitrogen and oxygen atoms in total. The summed E-state index contributed by atoms with van der Waals surface area (Å²) in [5.41, 5.74) is 2.42. The van der Waals surface area contributed by atoms with E-state index >= 15 is 0 Å². The van der Waals surface area contributed by atoms with Crippen LogP contribution in [-0.4, -0.2) is 42.6 Å². The van der Waals surface area contributed by atoms with Crippen LogP contribution in [0.15, 0.2) is 65.6 Å². The summed E-state index contributed by atoms with van der Waals surface area (Å²) in [6.45, 7) is 7.70. The summed E-state index contributed by atoms with van der Waals surface area (Å²) in [5, 5.41) is 5.17. The molecule has 0 bridgehead atoms. The Morgan fingerprint density at radius 1 is 1.06 bits per heavy atom. The van der Waals surface area contributed by atoms with Gasteiger partial charge in [-0.1, -0.05) is 49.4 Å². The van der Waals surface area contributed by atoms with E-state index in [0.29, 0.717) is 31.2 Å². The van der Waals surface area contributed by atoms with Crippen molar-refractivity contribution >= 4 is 40.4 Å². The average molecular weight is 478 g/mol. The molecular weight excluding hydrogens is 446 g/mol. The third-order valence-electron chi connectivity index (χ3n) is 6.27. The summed E-state index contributed by atoms with van der Waals surface area (Å²) in [5.74, 6) is 0.202. The van der Waals surface area contributed by atoms with Gasteiger partial charge in [0.1, 0.15) is 0 Å². The highest BCUT2D eigenvalue weighted by Crippen LogP contribution is 2.33. The topological polar surface area (TPSA) is 70.7 Å². The van der Waals surface area contributed by atoms with Gasteiger partial charge in [-0.3, -0.25) is 9.52 Å². The molecule has 0 spiro atoms. The van der Waals surface area contributed by atoms with Gasteiger partial charge in [0.2, 0.25) is 0 Å². The second-order valence-corrected chi connectivity index (χ2v) is 9.54. The highest BCUT2D eigenvalue weighted by atomic mass is 32.2. The monoisotopic (exact) mass is 477 g/mol. The van der Waals surface area contributed by atoms with Gasteiger partial charge in [-0.05, 0) is 67.3 Å². The zero-order valence-electron chi connectivity index (χ0n) is 19.8. The Bertz CT molecular complexity index is 1180. The number of nitrogens with zero attached hydrogens (tertiary/aromatic N) is 1. The maximum atomic E-state index is 12.9. The van der Waals surface area contributed by atoms with Gasteiger partial charge in [-0.25, -0.2) is 4.79 Å². The third kappa shape index (κ3) is 5.37. The fraction of sp³-hybridized carbons (Fsp3) is 0.333. The molecule has 7 heteroatoms. The molecule has 1 aliphatic heterocycles. The maximum absolute atomic E-state index is 12.9. The number of carbonyl (C=O) groups excluding carboxylic acids is 2. The first kappa shape index (κ1) is 24.1. The number of carbonyl (C=O) groups is 2. The number of piperidine rings is 1. The molecule has 0 aromatic heterocycles.